The fraction of sp³-hybridized carbons (Fsp3) is 0.391. The zero-order chi connectivity index (χ0) is 23.1. The number of halogens is 2. The SMILES string of the molecule is CCOC(C(=O)NCc1ccc(C(=N)N)cc1)c1c(F)ccc(OC2CCOCC2)c1F. The van der Waals surface area contributed by atoms with Gasteiger partial charge in [-0.2, -0.15) is 0 Å². The third kappa shape index (κ3) is 5.80. The first-order chi connectivity index (χ1) is 15.4. The molecule has 1 unspecified atom stereocenters. The summed E-state index contributed by atoms with van der Waals surface area (Å²) in [5, 5.41) is 10.1. The summed E-state index contributed by atoms with van der Waals surface area (Å²) in [7, 11) is 0. The van der Waals surface area contributed by atoms with Crippen molar-refractivity contribution in [3.05, 3.63) is 64.7 Å². The molecule has 7 nitrogen and oxygen atoms in total. The number of amidine groups is 1. The topological polar surface area (TPSA) is 107 Å². The summed E-state index contributed by atoms with van der Waals surface area (Å²) in [5.41, 5.74) is 6.23. The van der Waals surface area contributed by atoms with Gasteiger partial charge < -0.3 is 25.3 Å². The standard InChI is InChI=1S/C23H27F2N3O4/c1-2-31-21(23(29)28-13-14-3-5-15(6-4-14)22(26)27)19-17(24)7-8-18(20(19)25)32-16-9-11-30-12-10-16/h3-8,16,21H,2,9-13H2,1H3,(H3,26,27)(H,28,29). The summed E-state index contributed by atoms with van der Waals surface area (Å²) in [4.78, 5) is 12.8. The third-order valence-corrected chi connectivity index (χ3v) is 5.12. The van der Waals surface area contributed by atoms with Crippen LogP contribution in [0.15, 0.2) is 36.4 Å². The highest BCUT2D eigenvalue weighted by Crippen LogP contribution is 2.32. The Hall–Kier alpha value is -3.04. The Labute approximate surface area is 185 Å². The van der Waals surface area contributed by atoms with E-state index in [0.29, 0.717) is 31.6 Å². The Morgan fingerprint density at radius 2 is 1.91 bits per heavy atom. The summed E-state index contributed by atoms with van der Waals surface area (Å²) in [6, 6.07) is 9.01. The van der Waals surface area contributed by atoms with Gasteiger partial charge in [0.05, 0.1) is 18.8 Å². The van der Waals surface area contributed by atoms with Crippen LogP contribution >= 0.6 is 0 Å². The first-order valence-corrected chi connectivity index (χ1v) is 10.5. The maximum atomic E-state index is 15.2. The molecule has 0 saturated carbocycles. The van der Waals surface area contributed by atoms with Gasteiger partial charge in [0.15, 0.2) is 17.7 Å². The van der Waals surface area contributed by atoms with E-state index in [9.17, 15) is 9.18 Å². The lowest BCUT2D eigenvalue weighted by Crippen LogP contribution is -2.32. The van der Waals surface area contributed by atoms with Crippen LogP contribution in [0.5, 0.6) is 5.75 Å². The van der Waals surface area contributed by atoms with E-state index in [1.165, 1.54) is 6.07 Å². The Bertz CT molecular complexity index is 947. The molecule has 1 amide bonds. The van der Waals surface area contributed by atoms with E-state index < -0.39 is 29.2 Å². The lowest BCUT2D eigenvalue weighted by molar-refractivity contribution is -0.133. The summed E-state index contributed by atoms with van der Waals surface area (Å²) in [6.45, 7) is 2.85. The predicted molar refractivity (Wildman–Crippen MR) is 114 cm³/mol. The number of amides is 1. The van der Waals surface area contributed by atoms with Gasteiger partial charge in [-0.15, -0.1) is 0 Å². The van der Waals surface area contributed by atoms with Crippen LogP contribution in [0, 0.1) is 17.0 Å². The van der Waals surface area contributed by atoms with Crippen molar-refractivity contribution in [1.29, 1.82) is 5.41 Å². The van der Waals surface area contributed by atoms with Crippen molar-refractivity contribution in [2.24, 2.45) is 5.73 Å². The van der Waals surface area contributed by atoms with Crippen LogP contribution in [-0.2, 0) is 20.8 Å². The molecule has 0 radical (unpaired) electrons. The molecule has 1 fully saturated rings. The number of carbonyl (C=O) groups excluding carboxylic acids is 1. The van der Waals surface area contributed by atoms with Crippen LogP contribution in [0.2, 0.25) is 0 Å². The van der Waals surface area contributed by atoms with Gasteiger partial charge in [-0.05, 0) is 24.6 Å². The Kier molecular flexibility index (Phi) is 8.13. The number of nitrogens with two attached hydrogens (primary N) is 1. The predicted octanol–water partition coefficient (Wildman–Crippen LogP) is 3.20. The number of ether oxygens (including phenoxy) is 3. The molecule has 172 valence electrons. The van der Waals surface area contributed by atoms with Crippen LogP contribution in [0.25, 0.3) is 0 Å². The van der Waals surface area contributed by atoms with Gasteiger partial charge in [0.25, 0.3) is 5.91 Å². The van der Waals surface area contributed by atoms with E-state index in [2.05, 4.69) is 5.32 Å². The lowest BCUT2D eigenvalue weighted by atomic mass is 10.1. The van der Waals surface area contributed by atoms with E-state index >= 15 is 4.39 Å². The quantitative estimate of drug-likeness (QED) is 0.404. The highest BCUT2D eigenvalue weighted by atomic mass is 19.1. The molecule has 4 N–H and O–H groups in total. The average molecular weight is 447 g/mol. The smallest absolute Gasteiger partial charge is 0.254 e. The van der Waals surface area contributed by atoms with E-state index in [-0.39, 0.29) is 30.8 Å². The fourth-order valence-corrected chi connectivity index (χ4v) is 3.39. The number of hydrogen-bond acceptors (Lipinski definition) is 5. The highest BCUT2D eigenvalue weighted by molar-refractivity contribution is 5.94. The monoisotopic (exact) mass is 447 g/mol. The second-order valence-electron chi connectivity index (χ2n) is 7.37. The van der Waals surface area contributed by atoms with Gasteiger partial charge in [-0.25, -0.2) is 8.78 Å². The maximum absolute atomic E-state index is 15.2. The van der Waals surface area contributed by atoms with Gasteiger partial charge in [0.1, 0.15) is 17.8 Å². The normalized spacial score (nSPS) is 15.2. The Morgan fingerprint density at radius 1 is 1.22 bits per heavy atom. The molecule has 32 heavy (non-hydrogen) atoms. The molecule has 1 saturated heterocycles. The summed E-state index contributed by atoms with van der Waals surface area (Å²) in [6.07, 6.45) is -0.517. The largest absolute Gasteiger partial charge is 0.487 e. The molecule has 1 atom stereocenters. The molecule has 0 bridgehead atoms. The zero-order valence-electron chi connectivity index (χ0n) is 17.8. The van der Waals surface area contributed by atoms with Crippen molar-refractivity contribution in [2.45, 2.75) is 38.5 Å². The van der Waals surface area contributed by atoms with Crippen molar-refractivity contribution >= 4 is 11.7 Å². The van der Waals surface area contributed by atoms with Crippen LogP contribution in [0.3, 0.4) is 0 Å². The average Bonchev–Trinajstić information content (AvgIpc) is 2.80. The summed E-state index contributed by atoms with van der Waals surface area (Å²) >= 11 is 0. The lowest BCUT2D eigenvalue weighted by Gasteiger charge is -2.25. The van der Waals surface area contributed by atoms with Gasteiger partial charge in [-0.3, -0.25) is 10.2 Å². The van der Waals surface area contributed by atoms with E-state index in [0.717, 1.165) is 11.6 Å². The van der Waals surface area contributed by atoms with Crippen molar-refractivity contribution < 1.29 is 27.8 Å². The van der Waals surface area contributed by atoms with E-state index in [1.807, 2.05) is 0 Å². The number of hydrogen-bond donors (Lipinski definition) is 3. The number of nitrogen functional groups attached to an aromatic ring is 1. The van der Waals surface area contributed by atoms with E-state index in [1.54, 1.807) is 31.2 Å². The second-order valence-corrected chi connectivity index (χ2v) is 7.37. The summed E-state index contributed by atoms with van der Waals surface area (Å²) < 4.78 is 46.2. The first kappa shape index (κ1) is 23.6. The van der Waals surface area contributed by atoms with Crippen molar-refractivity contribution in [3.8, 4) is 5.75 Å². The number of carbonyl (C=O) groups is 1. The minimum absolute atomic E-state index is 0.0641. The van der Waals surface area contributed by atoms with Crippen LogP contribution in [0.1, 0.15) is 42.6 Å². The Balaban J connectivity index is 1.76. The van der Waals surface area contributed by atoms with Gasteiger partial charge in [0, 0.05) is 31.6 Å². The molecular weight excluding hydrogens is 420 g/mol. The maximum Gasteiger partial charge on any atom is 0.254 e. The fourth-order valence-electron chi connectivity index (χ4n) is 3.39. The molecule has 0 aromatic heterocycles. The molecule has 2 aromatic carbocycles. The van der Waals surface area contributed by atoms with Crippen molar-refractivity contribution in [3.63, 3.8) is 0 Å². The molecule has 1 heterocycles. The molecule has 9 heteroatoms. The minimum Gasteiger partial charge on any atom is -0.487 e. The number of benzene rings is 2. The number of rotatable bonds is 9. The molecule has 3 rings (SSSR count). The van der Waals surface area contributed by atoms with Crippen LogP contribution in [0.4, 0.5) is 8.78 Å². The molecule has 2 aromatic rings. The molecular formula is C23H27F2N3O4. The van der Waals surface area contributed by atoms with Crippen molar-refractivity contribution in [1.82, 2.24) is 5.32 Å². The van der Waals surface area contributed by atoms with Crippen LogP contribution < -0.4 is 15.8 Å². The van der Waals surface area contributed by atoms with Gasteiger partial charge >= 0.3 is 0 Å². The third-order valence-electron chi connectivity index (χ3n) is 5.12. The summed E-state index contributed by atoms with van der Waals surface area (Å²) in [5.74, 6) is -2.70. The van der Waals surface area contributed by atoms with E-state index in [4.69, 9.17) is 25.4 Å². The molecule has 0 spiro atoms. The van der Waals surface area contributed by atoms with Gasteiger partial charge in [-0.1, -0.05) is 24.3 Å². The molecule has 1 aliphatic heterocycles. The number of nitrogens with one attached hydrogen (secondary N) is 2. The Morgan fingerprint density at radius 3 is 2.53 bits per heavy atom. The highest BCUT2D eigenvalue weighted by Gasteiger charge is 2.30. The molecule has 0 aliphatic carbocycles. The first-order valence-electron chi connectivity index (χ1n) is 10.5. The molecule has 1 aliphatic rings. The van der Waals surface area contributed by atoms with Crippen LogP contribution in [-0.4, -0.2) is 37.7 Å². The zero-order valence-corrected chi connectivity index (χ0v) is 17.8. The van der Waals surface area contributed by atoms with Gasteiger partial charge in [0.2, 0.25) is 0 Å². The van der Waals surface area contributed by atoms with Crippen molar-refractivity contribution in [2.75, 3.05) is 19.8 Å². The minimum atomic E-state index is -1.48. The second kappa shape index (κ2) is 11.0.